The Bertz CT molecular complexity index is 350. The van der Waals surface area contributed by atoms with Crippen LogP contribution in [0.25, 0.3) is 0 Å². The average Bonchev–Trinajstić information content (AvgIpc) is 2.82. The molecule has 18 heavy (non-hydrogen) atoms. The fraction of sp³-hybridized carbons (Fsp3) is 1.00. The second-order valence-electron chi connectivity index (χ2n) is 5.43. The number of piperidine rings is 1. The van der Waals surface area contributed by atoms with Crippen LogP contribution in [0.5, 0.6) is 0 Å². The molecule has 0 radical (unpaired) electrons. The standard InChI is InChI=1S/C12H24N2O3S/c1-13-7-11-3-2-5-14(8-11)18(15,16)10-12-4-6-17-9-12/h11-13H,2-10H2,1H3. The van der Waals surface area contributed by atoms with Gasteiger partial charge >= 0.3 is 0 Å². The van der Waals surface area contributed by atoms with E-state index in [0.29, 0.717) is 32.2 Å². The first-order valence-electron chi connectivity index (χ1n) is 6.82. The predicted octanol–water partition coefficient (Wildman–Crippen LogP) is 0.284. The van der Waals surface area contributed by atoms with Crippen LogP contribution in [-0.2, 0) is 14.8 Å². The minimum atomic E-state index is -3.09. The number of nitrogens with zero attached hydrogens (tertiary/aromatic N) is 1. The van der Waals surface area contributed by atoms with Crippen LogP contribution >= 0.6 is 0 Å². The normalized spacial score (nSPS) is 30.7. The maximum atomic E-state index is 12.3. The lowest BCUT2D eigenvalue weighted by Crippen LogP contribution is -2.44. The van der Waals surface area contributed by atoms with Gasteiger partial charge in [-0.3, -0.25) is 0 Å². The van der Waals surface area contributed by atoms with Gasteiger partial charge in [0.25, 0.3) is 0 Å². The largest absolute Gasteiger partial charge is 0.381 e. The lowest BCUT2D eigenvalue weighted by atomic mass is 10.00. The molecule has 0 bridgehead atoms. The van der Waals surface area contributed by atoms with Crippen LogP contribution in [0.1, 0.15) is 19.3 Å². The highest BCUT2D eigenvalue weighted by Gasteiger charge is 2.31. The Labute approximate surface area is 110 Å². The third kappa shape index (κ3) is 3.66. The summed E-state index contributed by atoms with van der Waals surface area (Å²) < 4.78 is 31.6. The van der Waals surface area contributed by atoms with Gasteiger partial charge in [0.05, 0.1) is 12.4 Å². The van der Waals surface area contributed by atoms with E-state index in [1.165, 1.54) is 0 Å². The monoisotopic (exact) mass is 276 g/mol. The summed E-state index contributed by atoms with van der Waals surface area (Å²) in [5, 5.41) is 3.14. The van der Waals surface area contributed by atoms with Crippen molar-refractivity contribution in [3.05, 3.63) is 0 Å². The highest BCUT2D eigenvalue weighted by atomic mass is 32.2. The third-order valence-electron chi connectivity index (χ3n) is 3.84. The van der Waals surface area contributed by atoms with Crippen LogP contribution in [0.15, 0.2) is 0 Å². The van der Waals surface area contributed by atoms with Crippen LogP contribution in [0, 0.1) is 11.8 Å². The number of hydrogen-bond donors (Lipinski definition) is 1. The molecule has 5 nitrogen and oxygen atoms in total. The molecule has 0 amide bonds. The van der Waals surface area contributed by atoms with Crippen LogP contribution < -0.4 is 5.32 Å². The SMILES string of the molecule is CNCC1CCCN(S(=O)(=O)CC2CCOC2)C1. The van der Waals surface area contributed by atoms with Gasteiger partial charge in [-0.05, 0) is 44.7 Å². The second kappa shape index (κ2) is 6.32. The van der Waals surface area contributed by atoms with E-state index in [1.807, 2.05) is 7.05 Å². The van der Waals surface area contributed by atoms with E-state index in [-0.39, 0.29) is 11.7 Å². The highest BCUT2D eigenvalue weighted by Crippen LogP contribution is 2.22. The minimum absolute atomic E-state index is 0.194. The van der Waals surface area contributed by atoms with Crippen molar-refractivity contribution >= 4 is 10.0 Å². The molecule has 106 valence electrons. The topological polar surface area (TPSA) is 58.6 Å². The first kappa shape index (κ1) is 14.2. The van der Waals surface area contributed by atoms with Gasteiger partial charge in [-0.25, -0.2) is 12.7 Å². The molecule has 0 aliphatic carbocycles. The Hall–Kier alpha value is -0.170. The molecule has 0 spiro atoms. The molecule has 2 atom stereocenters. The van der Waals surface area contributed by atoms with Crippen molar-refractivity contribution < 1.29 is 13.2 Å². The first-order valence-corrected chi connectivity index (χ1v) is 8.43. The van der Waals surface area contributed by atoms with Gasteiger partial charge < -0.3 is 10.1 Å². The summed E-state index contributed by atoms with van der Waals surface area (Å²) in [6.07, 6.45) is 2.99. The number of nitrogens with one attached hydrogen (secondary N) is 1. The van der Waals surface area contributed by atoms with Gasteiger partial charge in [-0.1, -0.05) is 0 Å². The van der Waals surface area contributed by atoms with Crippen molar-refractivity contribution in [2.75, 3.05) is 45.6 Å². The van der Waals surface area contributed by atoms with Gasteiger partial charge in [-0.2, -0.15) is 0 Å². The Kier molecular flexibility index (Phi) is 5.00. The summed E-state index contributed by atoms with van der Waals surface area (Å²) in [6, 6.07) is 0. The van der Waals surface area contributed by atoms with Crippen LogP contribution in [0.4, 0.5) is 0 Å². The highest BCUT2D eigenvalue weighted by molar-refractivity contribution is 7.89. The van der Waals surface area contributed by atoms with E-state index < -0.39 is 10.0 Å². The lowest BCUT2D eigenvalue weighted by molar-refractivity contribution is 0.188. The quantitative estimate of drug-likeness (QED) is 0.784. The van der Waals surface area contributed by atoms with E-state index in [2.05, 4.69) is 5.32 Å². The molecule has 2 fully saturated rings. The molecule has 2 saturated heterocycles. The summed E-state index contributed by atoms with van der Waals surface area (Å²) in [7, 11) is -1.17. The molecule has 2 rings (SSSR count). The second-order valence-corrected chi connectivity index (χ2v) is 7.45. The Morgan fingerprint density at radius 1 is 1.33 bits per heavy atom. The molecule has 2 aliphatic rings. The maximum absolute atomic E-state index is 12.3. The fourth-order valence-electron chi connectivity index (χ4n) is 2.85. The maximum Gasteiger partial charge on any atom is 0.214 e. The van der Waals surface area contributed by atoms with E-state index in [9.17, 15) is 8.42 Å². The molecule has 0 aromatic carbocycles. The number of sulfonamides is 1. The molecule has 0 saturated carbocycles. The minimum Gasteiger partial charge on any atom is -0.381 e. The van der Waals surface area contributed by atoms with Crippen molar-refractivity contribution in [3.8, 4) is 0 Å². The molecule has 2 aliphatic heterocycles. The molecule has 0 aromatic rings. The molecule has 1 N–H and O–H groups in total. The van der Waals surface area contributed by atoms with Gasteiger partial charge in [0.1, 0.15) is 0 Å². The van der Waals surface area contributed by atoms with Crippen molar-refractivity contribution in [3.63, 3.8) is 0 Å². The van der Waals surface area contributed by atoms with Crippen LogP contribution in [-0.4, -0.2) is 58.4 Å². The van der Waals surface area contributed by atoms with E-state index in [4.69, 9.17) is 4.74 Å². The summed E-state index contributed by atoms with van der Waals surface area (Å²) in [4.78, 5) is 0. The molecule has 2 unspecified atom stereocenters. The summed E-state index contributed by atoms with van der Waals surface area (Å²) in [5.74, 6) is 0.914. The van der Waals surface area contributed by atoms with Crippen molar-refractivity contribution in [2.45, 2.75) is 19.3 Å². The van der Waals surface area contributed by atoms with Crippen LogP contribution in [0.2, 0.25) is 0 Å². The zero-order valence-electron chi connectivity index (χ0n) is 11.1. The molecule has 2 heterocycles. The zero-order valence-corrected chi connectivity index (χ0v) is 11.9. The Balaban J connectivity index is 1.91. The van der Waals surface area contributed by atoms with Gasteiger partial charge in [0, 0.05) is 19.7 Å². The zero-order chi connectivity index (χ0) is 13.0. The van der Waals surface area contributed by atoms with Crippen molar-refractivity contribution in [1.82, 2.24) is 9.62 Å². The number of ether oxygens (including phenoxy) is 1. The summed E-state index contributed by atoms with van der Waals surface area (Å²) in [5.41, 5.74) is 0. The van der Waals surface area contributed by atoms with E-state index >= 15 is 0 Å². The molecular weight excluding hydrogens is 252 g/mol. The van der Waals surface area contributed by atoms with Gasteiger partial charge in [-0.15, -0.1) is 0 Å². The van der Waals surface area contributed by atoms with Crippen molar-refractivity contribution in [2.24, 2.45) is 11.8 Å². The van der Waals surface area contributed by atoms with E-state index in [0.717, 1.165) is 25.8 Å². The van der Waals surface area contributed by atoms with Gasteiger partial charge in [0.15, 0.2) is 0 Å². The van der Waals surface area contributed by atoms with E-state index in [1.54, 1.807) is 4.31 Å². The fourth-order valence-corrected chi connectivity index (χ4v) is 4.77. The van der Waals surface area contributed by atoms with Gasteiger partial charge in [0.2, 0.25) is 10.0 Å². The predicted molar refractivity (Wildman–Crippen MR) is 70.9 cm³/mol. The number of hydrogen-bond acceptors (Lipinski definition) is 4. The number of rotatable bonds is 5. The van der Waals surface area contributed by atoms with Crippen molar-refractivity contribution in [1.29, 1.82) is 0 Å². The Morgan fingerprint density at radius 2 is 2.17 bits per heavy atom. The summed E-state index contributed by atoms with van der Waals surface area (Å²) in [6.45, 7) is 3.58. The third-order valence-corrected chi connectivity index (χ3v) is 5.85. The molecular formula is C12H24N2O3S. The molecule has 0 aromatic heterocycles. The lowest BCUT2D eigenvalue weighted by Gasteiger charge is -2.32. The average molecular weight is 276 g/mol. The Morgan fingerprint density at radius 3 is 2.83 bits per heavy atom. The molecule has 6 heteroatoms. The van der Waals surface area contributed by atoms with Crippen LogP contribution in [0.3, 0.4) is 0 Å². The summed E-state index contributed by atoms with van der Waals surface area (Å²) >= 11 is 0. The smallest absolute Gasteiger partial charge is 0.214 e. The first-order chi connectivity index (χ1) is 8.62.